The highest BCUT2D eigenvalue weighted by Crippen LogP contribution is 2.16. The maximum atomic E-state index is 13.4. The zero-order valence-electron chi connectivity index (χ0n) is 11.3. The maximum Gasteiger partial charge on any atom is 0.224 e. The van der Waals surface area contributed by atoms with E-state index in [0.717, 1.165) is 29.5 Å². The second-order valence-corrected chi connectivity index (χ2v) is 4.55. The monoisotopic (exact) mass is 279 g/mol. The first kappa shape index (κ1) is 14.2. The number of hydrogen-bond donors (Lipinski definition) is 1. The molecule has 1 aromatic carbocycles. The third kappa shape index (κ3) is 3.20. The summed E-state index contributed by atoms with van der Waals surface area (Å²) in [5.41, 5.74) is 1.80. The van der Waals surface area contributed by atoms with Gasteiger partial charge in [-0.2, -0.15) is 5.10 Å². The average Bonchev–Trinajstić information content (AvgIpc) is 2.72. The van der Waals surface area contributed by atoms with Gasteiger partial charge in [0.15, 0.2) is 0 Å². The minimum atomic E-state index is -0.655. The summed E-state index contributed by atoms with van der Waals surface area (Å²) in [6, 6.07) is 2.95. The molecule has 0 radical (unpaired) electrons. The number of anilines is 1. The first-order valence-corrected chi connectivity index (χ1v) is 6.19. The van der Waals surface area contributed by atoms with Crippen LogP contribution >= 0.6 is 0 Å². The zero-order valence-corrected chi connectivity index (χ0v) is 11.3. The predicted molar refractivity (Wildman–Crippen MR) is 71.3 cm³/mol. The van der Waals surface area contributed by atoms with E-state index in [0.29, 0.717) is 6.42 Å². The Labute approximate surface area is 115 Å². The van der Waals surface area contributed by atoms with Crippen molar-refractivity contribution in [3.8, 4) is 0 Å². The van der Waals surface area contributed by atoms with Crippen LogP contribution in [0.5, 0.6) is 0 Å². The standard InChI is InChI=1S/C14H15F2N3O/c1-9-10(8-17-19(9)2)3-6-14(20)18-13-7-11(15)4-5-12(13)16/h4-5,7-8H,3,6H2,1-2H3,(H,18,20). The summed E-state index contributed by atoms with van der Waals surface area (Å²) in [4.78, 5) is 11.7. The smallest absolute Gasteiger partial charge is 0.224 e. The Morgan fingerprint density at radius 2 is 2.15 bits per heavy atom. The zero-order chi connectivity index (χ0) is 14.7. The molecular formula is C14H15F2N3O. The van der Waals surface area contributed by atoms with E-state index >= 15 is 0 Å². The first-order valence-electron chi connectivity index (χ1n) is 6.19. The second kappa shape index (κ2) is 5.81. The fraction of sp³-hybridized carbons (Fsp3) is 0.286. The highest BCUT2D eigenvalue weighted by molar-refractivity contribution is 5.90. The fourth-order valence-electron chi connectivity index (χ4n) is 1.84. The second-order valence-electron chi connectivity index (χ2n) is 4.55. The number of halogens is 2. The van der Waals surface area contributed by atoms with Gasteiger partial charge in [0, 0.05) is 25.2 Å². The number of nitrogens with one attached hydrogen (secondary N) is 1. The summed E-state index contributed by atoms with van der Waals surface area (Å²) >= 11 is 0. The molecule has 106 valence electrons. The Balaban J connectivity index is 1.96. The average molecular weight is 279 g/mol. The molecule has 0 unspecified atom stereocenters. The summed E-state index contributed by atoms with van der Waals surface area (Å²) in [6.07, 6.45) is 2.39. The molecule has 0 saturated heterocycles. The molecule has 1 amide bonds. The van der Waals surface area contributed by atoms with Crippen molar-refractivity contribution >= 4 is 11.6 Å². The van der Waals surface area contributed by atoms with E-state index in [1.807, 2.05) is 14.0 Å². The Hall–Kier alpha value is -2.24. The molecule has 20 heavy (non-hydrogen) atoms. The summed E-state index contributed by atoms with van der Waals surface area (Å²) in [5, 5.41) is 6.45. The van der Waals surface area contributed by atoms with Gasteiger partial charge in [0.05, 0.1) is 11.9 Å². The lowest BCUT2D eigenvalue weighted by Crippen LogP contribution is -2.13. The number of hydrogen-bond acceptors (Lipinski definition) is 2. The van der Waals surface area contributed by atoms with Crippen LogP contribution in [0.4, 0.5) is 14.5 Å². The van der Waals surface area contributed by atoms with Gasteiger partial charge in [0.25, 0.3) is 0 Å². The summed E-state index contributed by atoms with van der Waals surface area (Å²) in [7, 11) is 1.82. The number of rotatable bonds is 4. The van der Waals surface area contributed by atoms with Gasteiger partial charge >= 0.3 is 0 Å². The van der Waals surface area contributed by atoms with Crippen LogP contribution in [-0.2, 0) is 18.3 Å². The number of amides is 1. The third-order valence-electron chi connectivity index (χ3n) is 3.16. The van der Waals surface area contributed by atoms with Crippen molar-refractivity contribution in [1.29, 1.82) is 0 Å². The van der Waals surface area contributed by atoms with Gasteiger partial charge in [-0.1, -0.05) is 0 Å². The summed E-state index contributed by atoms with van der Waals surface area (Å²) in [5.74, 6) is -1.61. The van der Waals surface area contributed by atoms with Gasteiger partial charge in [-0.25, -0.2) is 8.78 Å². The van der Waals surface area contributed by atoms with Crippen molar-refractivity contribution in [2.75, 3.05) is 5.32 Å². The van der Waals surface area contributed by atoms with E-state index < -0.39 is 11.6 Å². The van der Waals surface area contributed by atoms with E-state index in [1.54, 1.807) is 10.9 Å². The topological polar surface area (TPSA) is 46.9 Å². The summed E-state index contributed by atoms with van der Waals surface area (Å²) < 4.78 is 28.1. The quantitative estimate of drug-likeness (QED) is 0.935. The normalized spacial score (nSPS) is 10.6. The van der Waals surface area contributed by atoms with Crippen LogP contribution in [0.15, 0.2) is 24.4 Å². The SMILES string of the molecule is Cc1c(CCC(=O)Nc2cc(F)ccc2F)cnn1C. The van der Waals surface area contributed by atoms with E-state index in [4.69, 9.17) is 0 Å². The lowest BCUT2D eigenvalue weighted by Gasteiger charge is -2.06. The number of nitrogens with zero attached hydrogens (tertiary/aromatic N) is 2. The van der Waals surface area contributed by atoms with Crippen molar-refractivity contribution in [2.24, 2.45) is 7.05 Å². The maximum absolute atomic E-state index is 13.4. The van der Waals surface area contributed by atoms with Crippen LogP contribution in [0, 0.1) is 18.6 Å². The molecule has 1 N–H and O–H groups in total. The van der Waals surface area contributed by atoms with Crippen molar-refractivity contribution in [3.63, 3.8) is 0 Å². The van der Waals surface area contributed by atoms with Gasteiger partial charge in [0.1, 0.15) is 11.6 Å². The van der Waals surface area contributed by atoms with Crippen molar-refractivity contribution < 1.29 is 13.6 Å². The van der Waals surface area contributed by atoms with Crippen LogP contribution in [0.1, 0.15) is 17.7 Å². The minimum Gasteiger partial charge on any atom is -0.324 e. The lowest BCUT2D eigenvalue weighted by atomic mass is 10.1. The third-order valence-corrected chi connectivity index (χ3v) is 3.16. The van der Waals surface area contributed by atoms with Crippen LogP contribution < -0.4 is 5.32 Å². The van der Waals surface area contributed by atoms with Crippen LogP contribution in [0.2, 0.25) is 0 Å². The molecule has 1 heterocycles. The van der Waals surface area contributed by atoms with E-state index in [1.165, 1.54) is 0 Å². The van der Waals surface area contributed by atoms with Crippen molar-refractivity contribution in [2.45, 2.75) is 19.8 Å². The number of carbonyl (C=O) groups is 1. The van der Waals surface area contributed by atoms with Gasteiger partial charge < -0.3 is 5.32 Å². The van der Waals surface area contributed by atoms with Crippen molar-refractivity contribution in [1.82, 2.24) is 9.78 Å². The molecule has 0 saturated carbocycles. The number of benzene rings is 1. The Bertz CT molecular complexity index is 637. The van der Waals surface area contributed by atoms with Gasteiger partial charge in [-0.05, 0) is 31.0 Å². The Kier molecular flexibility index (Phi) is 4.12. The molecule has 0 atom stereocenters. The summed E-state index contributed by atoms with van der Waals surface area (Å²) in [6.45, 7) is 1.91. The molecule has 2 aromatic rings. The fourth-order valence-corrected chi connectivity index (χ4v) is 1.84. The molecule has 6 heteroatoms. The Morgan fingerprint density at radius 3 is 2.80 bits per heavy atom. The number of carbonyl (C=O) groups excluding carboxylic acids is 1. The molecular weight excluding hydrogens is 264 g/mol. The molecule has 0 aliphatic heterocycles. The highest BCUT2D eigenvalue weighted by Gasteiger charge is 2.10. The van der Waals surface area contributed by atoms with Crippen LogP contribution in [0.25, 0.3) is 0 Å². The van der Waals surface area contributed by atoms with E-state index in [2.05, 4.69) is 10.4 Å². The predicted octanol–water partition coefficient (Wildman–Crippen LogP) is 2.58. The number of aryl methyl sites for hydroxylation is 2. The molecule has 0 fully saturated rings. The molecule has 0 aliphatic carbocycles. The molecule has 0 aliphatic rings. The van der Waals surface area contributed by atoms with Crippen LogP contribution in [-0.4, -0.2) is 15.7 Å². The first-order chi connectivity index (χ1) is 9.47. The molecule has 1 aromatic heterocycles. The lowest BCUT2D eigenvalue weighted by molar-refractivity contribution is -0.116. The number of aromatic nitrogens is 2. The van der Waals surface area contributed by atoms with E-state index in [9.17, 15) is 13.6 Å². The molecule has 0 spiro atoms. The molecule has 2 rings (SSSR count). The highest BCUT2D eigenvalue weighted by atomic mass is 19.1. The van der Waals surface area contributed by atoms with Gasteiger partial charge in [0.2, 0.25) is 5.91 Å². The molecule has 4 nitrogen and oxygen atoms in total. The Morgan fingerprint density at radius 1 is 1.40 bits per heavy atom. The van der Waals surface area contributed by atoms with E-state index in [-0.39, 0.29) is 18.0 Å². The van der Waals surface area contributed by atoms with Gasteiger partial charge in [-0.15, -0.1) is 0 Å². The van der Waals surface area contributed by atoms with Gasteiger partial charge in [-0.3, -0.25) is 9.48 Å². The van der Waals surface area contributed by atoms with Crippen molar-refractivity contribution in [3.05, 3.63) is 47.3 Å². The largest absolute Gasteiger partial charge is 0.324 e. The minimum absolute atomic E-state index is 0.141. The van der Waals surface area contributed by atoms with Crippen LogP contribution in [0.3, 0.4) is 0 Å². The molecule has 0 bridgehead atoms.